The second kappa shape index (κ2) is 10.5. The lowest BCUT2D eigenvalue weighted by molar-refractivity contribution is -0.123. The van der Waals surface area contributed by atoms with Gasteiger partial charge in [-0.1, -0.05) is 18.5 Å². The average molecular weight is 408 g/mol. The number of nitrogens with zero attached hydrogens (tertiary/aromatic N) is 2. The Morgan fingerprint density at radius 2 is 1.93 bits per heavy atom. The van der Waals surface area contributed by atoms with Crippen molar-refractivity contribution in [1.29, 1.82) is 0 Å². The van der Waals surface area contributed by atoms with E-state index in [1.54, 1.807) is 12.1 Å². The molecule has 2 rings (SSSR count). The molecule has 0 atom stereocenters. The topological polar surface area (TPSA) is 99.6 Å². The minimum Gasteiger partial charge on any atom is -0.493 e. The summed E-state index contributed by atoms with van der Waals surface area (Å²) >= 11 is 5.85. The van der Waals surface area contributed by atoms with Crippen molar-refractivity contribution in [3.05, 3.63) is 40.9 Å². The molecule has 0 spiro atoms. The largest absolute Gasteiger partial charge is 0.493 e. The molecule has 0 saturated carbocycles. The Balaban J connectivity index is 2.31. The fraction of sp³-hybridized carbons (Fsp3) is 0.368. The van der Waals surface area contributed by atoms with E-state index in [1.807, 2.05) is 6.92 Å². The molecule has 2 aromatic rings. The fourth-order valence-electron chi connectivity index (χ4n) is 2.44. The van der Waals surface area contributed by atoms with E-state index >= 15 is 0 Å². The van der Waals surface area contributed by atoms with Gasteiger partial charge in [0.1, 0.15) is 11.5 Å². The quantitative estimate of drug-likeness (QED) is 0.477. The molecule has 8 nitrogen and oxygen atoms in total. The highest BCUT2D eigenvalue weighted by molar-refractivity contribution is 6.29. The van der Waals surface area contributed by atoms with Crippen LogP contribution in [0.2, 0.25) is 5.15 Å². The number of ketones is 1. The molecule has 1 aromatic heterocycles. The Labute approximate surface area is 168 Å². The number of nitrogens with one attached hydrogen (secondary N) is 1. The van der Waals surface area contributed by atoms with E-state index in [9.17, 15) is 9.59 Å². The van der Waals surface area contributed by atoms with Crippen molar-refractivity contribution in [3.8, 4) is 17.2 Å². The third-order valence-electron chi connectivity index (χ3n) is 3.75. The van der Waals surface area contributed by atoms with Crippen LogP contribution in [-0.2, 0) is 11.2 Å². The number of carbonyl (C=O) groups is 2. The van der Waals surface area contributed by atoms with Gasteiger partial charge < -0.3 is 19.5 Å². The number of carbonyl (C=O) groups excluding carboxylic acids is 2. The van der Waals surface area contributed by atoms with E-state index in [2.05, 4.69) is 15.3 Å². The van der Waals surface area contributed by atoms with Gasteiger partial charge in [0, 0.05) is 6.54 Å². The highest BCUT2D eigenvalue weighted by Crippen LogP contribution is 2.40. The number of ether oxygens (including phenoxy) is 3. The summed E-state index contributed by atoms with van der Waals surface area (Å²) in [5.41, 5.74) is 0.710. The van der Waals surface area contributed by atoms with Gasteiger partial charge in [-0.25, -0.2) is 9.97 Å². The van der Waals surface area contributed by atoms with Crippen LogP contribution in [0.5, 0.6) is 17.2 Å². The summed E-state index contributed by atoms with van der Waals surface area (Å²) < 4.78 is 16.3. The fourth-order valence-corrected chi connectivity index (χ4v) is 2.61. The van der Waals surface area contributed by atoms with Gasteiger partial charge in [0.05, 0.1) is 31.9 Å². The van der Waals surface area contributed by atoms with Gasteiger partial charge in [0.2, 0.25) is 5.75 Å². The Morgan fingerprint density at radius 3 is 2.57 bits per heavy atom. The first-order valence-electron chi connectivity index (χ1n) is 8.64. The van der Waals surface area contributed by atoms with Crippen molar-refractivity contribution in [2.75, 3.05) is 27.4 Å². The molecule has 150 valence electrons. The summed E-state index contributed by atoms with van der Waals surface area (Å²) in [7, 11) is 2.90. The molecule has 0 aliphatic heterocycles. The lowest BCUT2D eigenvalue weighted by atomic mass is 10.0. The third-order valence-corrected chi connectivity index (χ3v) is 3.96. The van der Waals surface area contributed by atoms with Crippen molar-refractivity contribution >= 4 is 23.3 Å². The average Bonchev–Trinajstić information content (AvgIpc) is 2.69. The molecule has 0 saturated heterocycles. The number of halogens is 1. The van der Waals surface area contributed by atoms with Crippen molar-refractivity contribution in [3.63, 3.8) is 0 Å². The number of hydrogen-bond donors (Lipinski definition) is 1. The number of hydrogen-bond acceptors (Lipinski definition) is 7. The van der Waals surface area contributed by atoms with Gasteiger partial charge in [-0.15, -0.1) is 0 Å². The van der Waals surface area contributed by atoms with Gasteiger partial charge in [-0.3, -0.25) is 9.59 Å². The zero-order valence-electron chi connectivity index (χ0n) is 16.0. The first-order chi connectivity index (χ1) is 13.5. The predicted molar refractivity (Wildman–Crippen MR) is 103 cm³/mol. The van der Waals surface area contributed by atoms with Gasteiger partial charge in [0.25, 0.3) is 5.91 Å². The van der Waals surface area contributed by atoms with Crippen LogP contribution in [0.15, 0.2) is 24.5 Å². The number of aromatic nitrogens is 2. The second-order valence-electron chi connectivity index (χ2n) is 5.75. The first-order valence-corrected chi connectivity index (χ1v) is 9.02. The molecule has 0 bridgehead atoms. The molecule has 9 heteroatoms. The summed E-state index contributed by atoms with van der Waals surface area (Å²) in [6.45, 7) is 2.23. The molecule has 28 heavy (non-hydrogen) atoms. The number of methoxy groups -OCH3 is 2. The maximum Gasteiger partial charge on any atom is 0.257 e. The van der Waals surface area contributed by atoms with E-state index in [1.165, 1.54) is 26.6 Å². The number of amides is 1. The molecule has 0 unspecified atom stereocenters. The van der Waals surface area contributed by atoms with Crippen molar-refractivity contribution in [1.82, 2.24) is 15.3 Å². The zero-order chi connectivity index (χ0) is 20.5. The highest BCUT2D eigenvalue weighted by Gasteiger charge is 2.22. The van der Waals surface area contributed by atoms with Crippen molar-refractivity contribution < 1.29 is 23.8 Å². The maximum atomic E-state index is 12.9. The predicted octanol–water partition coefficient (Wildman–Crippen LogP) is 2.48. The van der Waals surface area contributed by atoms with Crippen LogP contribution < -0.4 is 19.5 Å². The second-order valence-corrected chi connectivity index (χ2v) is 6.14. The van der Waals surface area contributed by atoms with Crippen LogP contribution >= 0.6 is 11.6 Å². The van der Waals surface area contributed by atoms with E-state index < -0.39 is 0 Å². The molecular weight excluding hydrogens is 386 g/mol. The van der Waals surface area contributed by atoms with Crippen LogP contribution in [0.3, 0.4) is 0 Å². The van der Waals surface area contributed by atoms with Gasteiger partial charge in [-0.2, -0.15) is 0 Å². The van der Waals surface area contributed by atoms with Gasteiger partial charge in [0.15, 0.2) is 23.9 Å². The van der Waals surface area contributed by atoms with E-state index in [0.717, 1.165) is 6.42 Å². The van der Waals surface area contributed by atoms with Crippen molar-refractivity contribution in [2.45, 2.75) is 19.8 Å². The molecule has 0 fully saturated rings. The summed E-state index contributed by atoms with van der Waals surface area (Å²) in [6, 6.07) is 4.67. The highest BCUT2D eigenvalue weighted by atomic mass is 35.5. The van der Waals surface area contributed by atoms with Crippen LogP contribution in [-0.4, -0.2) is 49.0 Å². The summed E-state index contributed by atoms with van der Waals surface area (Å²) in [5, 5.41) is 2.96. The number of rotatable bonds is 10. The summed E-state index contributed by atoms with van der Waals surface area (Å²) in [5.74, 6) is 0.177. The Morgan fingerprint density at radius 1 is 1.14 bits per heavy atom. The molecule has 1 heterocycles. The smallest absolute Gasteiger partial charge is 0.257 e. The SMILES string of the molecule is CCCNC(=O)COc1c(C(=O)Cc2cc(Cl)ncn2)ccc(OC)c1OC. The lowest BCUT2D eigenvalue weighted by Crippen LogP contribution is -2.29. The molecular formula is C19H22ClN3O5. The molecule has 0 radical (unpaired) electrons. The molecule has 1 aromatic carbocycles. The zero-order valence-corrected chi connectivity index (χ0v) is 16.7. The Bertz CT molecular complexity index is 844. The van der Waals surface area contributed by atoms with E-state index in [-0.39, 0.29) is 46.9 Å². The van der Waals surface area contributed by atoms with Gasteiger partial charge in [-0.05, 0) is 24.6 Å². The number of benzene rings is 1. The molecule has 1 amide bonds. The number of Topliss-reactive ketones (excluding diaryl/α,β-unsaturated/α-hetero) is 1. The van der Waals surface area contributed by atoms with Crippen LogP contribution in [0.1, 0.15) is 29.4 Å². The first kappa shape index (κ1) is 21.4. The van der Waals surface area contributed by atoms with Crippen LogP contribution in [0, 0.1) is 0 Å². The summed E-state index contributed by atoms with van der Waals surface area (Å²) in [4.78, 5) is 32.6. The van der Waals surface area contributed by atoms with E-state index in [4.69, 9.17) is 25.8 Å². The Hall–Kier alpha value is -2.87. The molecule has 0 aliphatic rings. The van der Waals surface area contributed by atoms with Crippen LogP contribution in [0.25, 0.3) is 0 Å². The van der Waals surface area contributed by atoms with Crippen LogP contribution in [0.4, 0.5) is 0 Å². The standard InChI is InChI=1S/C19H22ClN3O5/c1-4-7-21-17(25)10-28-18-13(5-6-15(26-2)19(18)27-3)14(24)8-12-9-16(20)23-11-22-12/h5-6,9,11H,4,7-8,10H2,1-3H3,(H,21,25). The summed E-state index contributed by atoms with van der Waals surface area (Å²) in [6.07, 6.45) is 2.07. The molecule has 1 N–H and O–H groups in total. The Kier molecular flexibility index (Phi) is 8.01. The van der Waals surface area contributed by atoms with Gasteiger partial charge >= 0.3 is 0 Å². The normalized spacial score (nSPS) is 10.3. The van der Waals surface area contributed by atoms with Crippen molar-refractivity contribution in [2.24, 2.45) is 0 Å². The molecule has 0 aliphatic carbocycles. The minimum atomic E-state index is -0.298. The minimum absolute atomic E-state index is 0.0177. The lowest BCUT2D eigenvalue weighted by Gasteiger charge is -2.17. The van der Waals surface area contributed by atoms with E-state index in [0.29, 0.717) is 18.0 Å². The monoisotopic (exact) mass is 407 g/mol. The maximum absolute atomic E-state index is 12.9. The third kappa shape index (κ3) is 5.56.